The Bertz CT molecular complexity index is 222. The quantitative estimate of drug-likeness (QED) is 0.785. The van der Waals surface area contributed by atoms with Gasteiger partial charge in [0.05, 0.1) is 18.8 Å². The van der Waals surface area contributed by atoms with Crippen LogP contribution >= 0.6 is 0 Å². The van der Waals surface area contributed by atoms with Crippen molar-refractivity contribution in [2.24, 2.45) is 5.41 Å². The van der Waals surface area contributed by atoms with Crippen LogP contribution in [0.2, 0.25) is 0 Å². The van der Waals surface area contributed by atoms with Gasteiger partial charge in [0.15, 0.2) is 0 Å². The lowest BCUT2D eigenvalue weighted by Crippen LogP contribution is -2.38. The molecule has 0 spiro atoms. The Morgan fingerprint density at radius 2 is 1.94 bits per heavy atom. The lowest BCUT2D eigenvalue weighted by Gasteiger charge is -2.29. The molecule has 0 aliphatic carbocycles. The number of likely N-dealkylation sites (N-methyl/N-ethyl adjacent to an activating group) is 1. The van der Waals surface area contributed by atoms with Gasteiger partial charge in [-0.15, -0.1) is 0 Å². The maximum atomic E-state index is 9.95. The van der Waals surface area contributed by atoms with Crippen LogP contribution in [0.1, 0.15) is 33.6 Å². The molecule has 0 aromatic heterocycles. The van der Waals surface area contributed by atoms with Crippen molar-refractivity contribution in [2.45, 2.75) is 45.8 Å². The first-order valence-corrected chi connectivity index (χ1v) is 6.93. The third-order valence-corrected chi connectivity index (χ3v) is 2.96. The Balaban J connectivity index is 2.14. The molecule has 108 valence electrons. The Morgan fingerprint density at radius 3 is 2.50 bits per heavy atom. The van der Waals surface area contributed by atoms with E-state index in [4.69, 9.17) is 9.47 Å². The summed E-state index contributed by atoms with van der Waals surface area (Å²) in [4.78, 5) is 2.16. The fourth-order valence-corrected chi connectivity index (χ4v) is 2.38. The van der Waals surface area contributed by atoms with Gasteiger partial charge in [0.2, 0.25) is 0 Å². The Kier molecular flexibility index (Phi) is 6.57. The van der Waals surface area contributed by atoms with Gasteiger partial charge in [-0.25, -0.2) is 0 Å². The molecule has 0 bridgehead atoms. The minimum atomic E-state index is -0.403. The van der Waals surface area contributed by atoms with Gasteiger partial charge in [-0.3, -0.25) is 0 Å². The van der Waals surface area contributed by atoms with E-state index in [0.29, 0.717) is 13.2 Å². The summed E-state index contributed by atoms with van der Waals surface area (Å²) < 4.78 is 11.0. The maximum Gasteiger partial charge on any atom is 0.0900 e. The fourth-order valence-electron chi connectivity index (χ4n) is 2.38. The summed E-state index contributed by atoms with van der Waals surface area (Å²) >= 11 is 0. The number of aliphatic hydroxyl groups is 1. The van der Waals surface area contributed by atoms with Crippen molar-refractivity contribution in [2.75, 3.05) is 40.0 Å². The van der Waals surface area contributed by atoms with Crippen molar-refractivity contribution < 1.29 is 14.6 Å². The second kappa shape index (κ2) is 7.43. The van der Waals surface area contributed by atoms with E-state index >= 15 is 0 Å². The van der Waals surface area contributed by atoms with Gasteiger partial charge in [-0.1, -0.05) is 20.8 Å². The molecule has 0 aromatic carbocycles. The van der Waals surface area contributed by atoms with Crippen LogP contribution in [0.15, 0.2) is 0 Å². The second-order valence-electron chi connectivity index (χ2n) is 6.56. The summed E-state index contributed by atoms with van der Waals surface area (Å²) in [6.07, 6.45) is 1.76. The number of hydrogen-bond donors (Lipinski definition) is 1. The van der Waals surface area contributed by atoms with Crippen LogP contribution in [0.4, 0.5) is 0 Å². The zero-order chi connectivity index (χ0) is 13.6. The van der Waals surface area contributed by atoms with Crippen molar-refractivity contribution in [1.29, 1.82) is 0 Å². The topological polar surface area (TPSA) is 41.9 Å². The summed E-state index contributed by atoms with van der Waals surface area (Å²) in [6, 6.07) is 0. The van der Waals surface area contributed by atoms with Gasteiger partial charge < -0.3 is 19.5 Å². The second-order valence-corrected chi connectivity index (χ2v) is 6.56. The van der Waals surface area contributed by atoms with E-state index < -0.39 is 6.10 Å². The van der Waals surface area contributed by atoms with E-state index in [-0.39, 0.29) is 11.5 Å². The lowest BCUT2D eigenvalue weighted by atomic mass is 9.96. The molecule has 1 unspecified atom stereocenters. The molecule has 1 atom stereocenters. The van der Waals surface area contributed by atoms with Crippen LogP contribution in [0.5, 0.6) is 0 Å². The molecule has 0 amide bonds. The Hall–Kier alpha value is -0.160. The third-order valence-electron chi connectivity index (χ3n) is 2.96. The van der Waals surface area contributed by atoms with Crippen molar-refractivity contribution in [3.63, 3.8) is 0 Å². The molecule has 1 N–H and O–H groups in total. The van der Waals surface area contributed by atoms with E-state index in [1.807, 2.05) is 7.05 Å². The van der Waals surface area contributed by atoms with Crippen LogP contribution in [0, 0.1) is 5.41 Å². The lowest BCUT2D eigenvalue weighted by molar-refractivity contribution is -0.0639. The number of rotatable bonds is 6. The monoisotopic (exact) mass is 259 g/mol. The van der Waals surface area contributed by atoms with Gasteiger partial charge in [0.25, 0.3) is 0 Å². The smallest absolute Gasteiger partial charge is 0.0900 e. The summed E-state index contributed by atoms with van der Waals surface area (Å²) in [6.45, 7) is 10.2. The van der Waals surface area contributed by atoms with Gasteiger partial charge >= 0.3 is 0 Å². The average Bonchev–Trinajstić information content (AvgIpc) is 2.25. The van der Waals surface area contributed by atoms with E-state index in [0.717, 1.165) is 32.6 Å². The van der Waals surface area contributed by atoms with Gasteiger partial charge in [0, 0.05) is 26.3 Å². The summed E-state index contributed by atoms with van der Waals surface area (Å²) in [5.74, 6) is 0. The van der Waals surface area contributed by atoms with Crippen LogP contribution in [-0.2, 0) is 9.47 Å². The zero-order valence-corrected chi connectivity index (χ0v) is 12.3. The SMILES string of the molecule is CN(CC(O)COC1CCOCC1)CC(C)(C)C. The molecule has 1 rings (SSSR count). The molecule has 0 saturated carbocycles. The first kappa shape index (κ1) is 15.9. The number of ether oxygens (including phenoxy) is 2. The third kappa shape index (κ3) is 7.31. The van der Waals surface area contributed by atoms with E-state index in [9.17, 15) is 5.11 Å². The van der Waals surface area contributed by atoms with Crippen molar-refractivity contribution in [3.8, 4) is 0 Å². The van der Waals surface area contributed by atoms with Gasteiger partial charge in [0.1, 0.15) is 0 Å². The van der Waals surface area contributed by atoms with Crippen molar-refractivity contribution >= 4 is 0 Å². The molecule has 0 aromatic rings. The highest BCUT2D eigenvalue weighted by molar-refractivity contribution is 4.70. The molecule has 18 heavy (non-hydrogen) atoms. The minimum absolute atomic E-state index is 0.260. The highest BCUT2D eigenvalue weighted by Crippen LogP contribution is 2.15. The predicted molar refractivity (Wildman–Crippen MR) is 72.8 cm³/mol. The normalized spacial score (nSPS) is 20.3. The number of aliphatic hydroxyl groups excluding tert-OH is 1. The van der Waals surface area contributed by atoms with Crippen LogP contribution in [-0.4, -0.2) is 62.2 Å². The highest BCUT2D eigenvalue weighted by Gasteiger charge is 2.18. The summed E-state index contributed by atoms with van der Waals surface area (Å²) in [5.41, 5.74) is 0.260. The molecule has 1 aliphatic rings. The Morgan fingerprint density at radius 1 is 1.33 bits per heavy atom. The zero-order valence-electron chi connectivity index (χ0n) is 12.3. The molecule has 1 saturated heterocycles. The maximum absolute atomic E-state index is 9.95. The minimum Gasteiger partial charge on any atom is -0.389 e. The highest BCUT2D eigenvalue weighted by atomic mass is 16.5. The van der Waals surface area contributed by atoms with Gasteiger partial charge in [-0.05, 0) is 25.3 Å². The van der Waals surface area contributed by atoms with Gasteiger partial charge in [-0.2, -0.15) is 0 Å². The molecule has 1 aliphatic heterocycles. The number of nitrogens with zero attached hydrogens (tertiary/aromatic N) is 1. The van der Waals surface area contributed by atoms with Crippen molar-refractivity contribution in [1.82, 2.24) is 4.90 Å². The largest absolute Gasteiger partial charge is 0.389 e. The van der Waals surface area contributed by atoms with E-state index in [1.54, 1.807) is 0 Å². The van der Waals surface area contributed by atoms with Crippen LogP contribution < -0.4 is 0 Å². The van der Waals surface area contributed by atoms with E-state index in [1.165, 1.54) is 0 Å². The van der Waals surface area contributed by atoms with Crippen molar-refractivity contribution in [3.05, 3.63) is 0 Å². The summed E-state index contributed by atoms with van der Waals surface area (Å²) in [7, 11) is 2.04. The molecule has 4 nitrogen and oxygen atoms in total. The van der Waals surface area contributed by atoms with Crippen LogP contribution in [0.25, 0.3) is 0 Å². The molecule has 1 fully saturated rings. The first-order chi connectivity index (χ1) is 8.37. The van der Waals surface area contributed by atoms with Crippen LogP contribution in [0.3, 0.4) is 0 Å². The standard InChI is InChI=1S/C14H29NO3/c1-14(2,3)11-15(4)9-12(16)10-18-13-5-7-17-8-6-13/h12-13,16H,5-11H2,1-4H3. The average molecular weight is 259 g/mol. The molecule has 0 radical (unpaired) electrons. The predicted octanol–water partition coefficient (Wildman–Crippen LogP) is 1.52. The fraction of sp³-hybridized carbons (Fsp3) is 1.00. The molecular weight excluding hydrogens is 230 g/mol. The number of hydrogen-bond acceptors (Lipinski definition) is 4. The molecule has 1 heterocycles. The molecule has 4 heteroatoms. The molecular formula is C14H29NO3. The van der Waals surface area contributed by atoms with E-state index in [2.05, 4.69) is 25.7 Å². The summed E-state index contributed by atoms with van der Waals surface area (Å²) in [5, 5.41) is 9.95. The Labute approximate surface area is 111 Å². The first-order valence-electron chi connectivity index (χ1n) is 6.93.